The predicted molar refractivity (Wildman–Crippen MR) is 68.5 cm³/mol. The highest BCUT2D eigenvalue weighted by molar-refractivity contribution is 6.03. The third-order valence-corrected chi connectivity index (χ3v) is 2.34. The number of ether oxygens (including phenoxy) is 2. The molecule has 0 aliphatic carbocycles. The van der Waals surface area contributed by atoms with E-state index in [0.717, 1.165) is 5.56 Å². The molecule has 0 atom stereocenters. The summed E-state index contributed by atoms with van der Waals surface area (Å²) >= 11 is 0. The van der Waals surface area contributed by atoms with Gasteiger partial charge in [-0.05, 0) is 23.8 Å². The molecule has 0 aliphatic rings. The highest BCUT2D eigenvalue weighted by Crippen LogP contribution is 2.07. The molecule has 0 saturated heterocycles. The minimum Gasteiger partial charge on any atom is -0.469 e. The fourth-order valence-electron chi connectivity index (χ4n) is 1.31. The molecule has 0 amide bonds. The SMILES string of the molecule is COC(=O)CC(=O)C=Cc1ccc(C(=O)OC)cc1. The molecule has 0 aromatic heterocycles. The van der Waals surface area contributed by atoms with Gasteiger partial charge in [0.1, 0.15) is 6.42 Å². The Hall–Kier alpha value is -2.43. The fraction of sp³-hybridized carbons (Fsp3) is 0.214. The van der Waals surface area contributed by atoms with E-state index >= 15 is 0 Å². The van der Waals surface area contributed by atoms with Gasteiger partial charge >= 0.3 is 11.9 Å². The number of methoxy groups -OCH3 is 2. The molecule has 0 saturated carbocycles. The summed E-state index contributed by atoms with van der Waals surface area (Å²) in [6.07, 6.45) is 2.57. The normalized spacial score (nSPS) is 10.2. The molecular formula is C14H14O5. The van der Waals surface area contributed by atoms with Gasteiger partial charge in [-0.1, -0.05) is 18.2 Å². The zero-order chi connectivity index (χ0) is 14.3. The zero-order valence-electron chi connectivity index (χ0n) is 10.7. The number of ketones is 1. The number of hydrogen-bond acceptors (Lipinski definition) is 5. The first kappa shape index (κ1) is 14.6. The van der Waals surface area contributed by atoms with Crippen LogP contribution in [-0.4, -0.2) is 31.9 Å². The molecule has 5 heteroatoms. The van der Waals surface area contributed by atoms with Gasteiger partial charge in [-0.3, -0.25) is 9.59 Å². The number of hydrogen-bond donors (Lipinski definition) is 0. The molecule has 1 aromatic carbocycles. The van der Waals surface area contributed by atoms with Crippen molar-refractivity contribution in [3.8, 4) is 0 Å². The number of carbonyl (C=O) groups is 3. The first-order chi connectivity index (χ1) is 9.06. The van der Waals surface area contributed by atoms with Crippen LogP contribution in [0.25, 0.3) is 6.08 Å². The van der Waals surface area contributed by atoms with Crippen molar-refractivity contribution in [2.24, 2.45) is 0 Å². The van der Waals surface area contributed by atoms with E-state index < -0.39 is 11.9 Å². The Bertz CT molecular complexity index is 499. The Kier molecular flexibility index (Phi) is 5.47. The van der Waals surface area contributed by atoms with Crippen LogP contribution in [0.15, 0.2) is 30.3 Å². The van der Waals surface area contributed by atoms with E-state index in [9.17, 15) is 14.4 Å². The predicted octanol–water partition coefficient (Wildman–Crippen LogP) is 1.62. The molecule has 0 bridgehead atoms. The average Bonchev–Trinajstić information content (AvgIpc) is 2.44. The van der Waals surface area contributed by atoms with E-state index in [1.165, 1.54) is 20.3 Å². The first-order valence-corrected chi connectivity index (χ1v) is 5.53. The van der Waals surface area contributed by atoms with Crippen molar-refractivity contribution in [1.82, 2.24) is 0 Å². The summed E-state index contributed by atoms with van der Waals surface area (Å²) in [6, 6.07) is 6.54. The van der Waals surface area contributed by atoms with Gasteiger partial charge in [0, 0.05) is 0 Å². The van der Waals surface area contributed by atoms with Gasteiger partial charge in [0.2, 0.25) is 0 Å². The lowest BCUT2D eigenvalue weighted by molar-refractivity contribution is -0.142. The molecule has 100 valence electrons. The topological polar surface area (TPSA) is 69.7 Å². The maximum absolute atomic E-state index is 11.3. The van der Waals surface area contributed by atoms with Gasteiger partial charge in [-0.2, -0.15) is 0 Å². The number of allylic oxidation sites excluding steroid dienone is 1. The molecule has 0 heterocycles. The van der Waals surface area contributed by atoms with E-state index in [2.05, 4.69) is 9.47 Å². The third kappa shape index (κ3) is 4.75. The molecule has 5 nitrogen and oxygen atoms in total. The van der Waals surface area contributed by atoms with Gasteiger partial charge in [0.15, 0.2) is 5.78 Å². The summed E-state index contributed by atoms with van der Waals surface area (Å²) in [5.41, 5.74) is 1.17. The number of rotatable bonds is 5. The first-order valence-electron chi connectivity index (χ1n) is 5.53. The zero-order valence-corrected chi connectivity index (χ0v) is 10.7. The highest BCUT2D eigenvalue weighted by atomic mass is 16.5. The van der Waals surface area contributed by atoms with E-state index in [4.69, 9.17) is 0 Å². The van der Waals surface area contributed by atoms with E-state index in [1.807, 2.05) is 0 Å². The quantitative estimate of drug-likeness (QED) is 0.458. The van der Waals surface area contributed by atoms with Gasteiger partial charge < -0.3 is 9.47 Å². The maximum Gasteiger partial charge on any atom is 0.337 e. The molecule has 1 rings (SSSR count). The maximum atomic E-state index is 11.3. The number of benzene rings is 1. The lowest BCUT2D eigenvalue weighted by Crippen LogP contribution is -2.06. The molecule has 0 aliphatic heterocycles. The standard InChI is InChI=1S/C14H14O5/c1-18-13(16)9-12(15)8-5-10-3-6-11(7-4-10)14(17)19-2/h3-8H,9H2,1-2H3. The minimum absolute atomic E-state index is 0.284. The van der Waals surface area contributed by atoms with Crippen molar-refractivity contribution in [3.63, 3.8) is 0 Å². The van der Waals surface area contributed by atoms with Gasteiger partial charge in [-0.25, -0.2) is 4.79 Å². The van der Waals surface area contributed by atoms with Crippen LogP contribution in [0.2, 0.25) is 0 Å². The fourth-order valence-corrected chi connectivity index (χ4v) is 1.31. The van der Waals surface area contributed by atoms with Crippen LogP contribution in [-0.2, 0) is 19.1 Å². The minimum atomic E-state index is -0.573. The van der Waals surface area contributed by atoms with Crippen molar-refractivity contribution in [1.29, 1.82) is 0 Å². The summed E-state index contributed by atoms with van der Waals surface area (Å²) in [4.78, 5) is 33.4. The Labute approximate surface area is 110 Å². The lowest BCUT2D eigenvalue weighted by Gasteiger charge is -1.99. The van der Waals surface area contributed by atoms with Crippen LogP contribution in [0.1, 0.15) is 22.3 Å². The van der Waals surface area contributed by atoms with Crippen LogP contribution >= 0.6 is 0 Å². The van der Waals surface area contributed by atoms with E-state index in [0.29, 0.717) is 5.56 Å². The van der Waals surface area contributed by atoms with Crippen LogP contribution in [0, 0.1) is 0 Å². The van der Waals surface area contributed by atoms with E-state index in [-0.39, 0.29) is 12.2 Å². The second-order valence-corrected chi connectivity index (χ2v) is 3.67. The van der Waals surface area contributed by atoms with Crippen molar-refractivity contribution < 1.29 is 23.9 Å². The Balaban J connectivity index is 2.65. The Morgan fingerprint density at radius 2 is 1.68 bits per heavy atom. The molecule has 0 N–H and O–H groups in total. The smallest absolute Gasteiger partial charge is 0.337 e. The summed E-state index contributed by atoms with van der Waals surface area (Å²) in [5.74, 6) is -1.34. The second kappa shape index (κ2) is 7.10. The highest BCUT2D eigenvalue weighted by Gasteiger charge is 2.06. The van der Waals surface area contributed by atoms with Gasteiger partial charge in [0.25, 0.3) is 0 Å². The van der Waals surface area contributed by atoms with Crippen LogP contribution in [0.4, 0.5) is 0 Å². The molecule has 0 radical (unpaired) electrons. The monoisotopic (exact) mass is 262 g/mol. The van der Waals surface area contributed by atoms with Gasteiger partial charge in [0.05, 0.1) is 19.8 Å². The Morgan fingerprint density at radius 1 is 1.05 bits per heavy atom. The van der Waals surface area contributed by atoms with Crippen LogP contribution < -0.4 is 0 Å². The summed E-state index contributed by atoms with van der Waals surface area (Å²) in [7, 11) is 2.53. The Morgan fingerprint density at radius 3 is 2.21 bits per heavy atom. The third-order valence-electron chi connectivity index (χ3n) is 2.34. The molecule has 19 heavy (non-hydrogen) atoms. The molecular weight excluding hydrogens is 248 g/mol. The average molecular weight is 262 g/mol. The summed E-state index contributed by atoms with van der Waals surface area (Å²) < 4.78 is 8.95. The van der Waals surface area contributed by atoms with Crippen molar-refractivity contribution in [2.45, 2.75) is 6.42 Å². The molecule has 0 fully saturated rings. The van der Waals surface area contributed by atoms with Crippen LogP contribution in [0.3, 0.4) is 0 Å². The number of esters is 2. The summed E-state index contributed by atoms with van der Waals surface area (Å²) in [6.45, 7) is 0. The largest absolute Gasteiger partial charge is 0.469 e. The molecule has 0 spiro atoms. The number of carbonyl (C=O) groups excluding carboxylic acids is 3. The molecule has 0 unspecified atom stereocenters. The lowest BCUT2D eigenvalue weighted by atomic mass is 10.1. The van der Waals surface area contributed by atoms with Gasteiger partial charge in [-0.15, -0.1) is 0 Å². The van der Waals surface area contributed by atoms with E-state index in [1.54, 1.807) is 30.3 Å². The second-order valence-electron chi connectivity index (χ2n) is 3.67. The summed E-state index contributed by atoms with van der Waals surface area (Å²) in [5, 5.41) is 0. The van der Waals surface area contributed by atoms with Crippen molar-refractivity contribution in [3.05, 3.63) is 41.5 Å². The van der Waals surface area contributed by atoms with Crippen molar-refractivity contribution >= 4 is 23.8 Å². The molecule has 1 aromatic rings. The van der Waals surface area contributed by atoms with Crippen molar-refractivity contribution in [2.75, 3.05) is 14.2 Å². The van der Waals surface area contributed by atoms with Crippen LogP contribution in [0.5, 0.6) is 0 Å².